The number of anilines is 1. The van der Waals surface area contributed by atoms with Crippen LogP contribution in [0.4, 0.5) is 18.9 Å². The van der Waals surface area contributed by atoms with E-state index in [9.17, 15) is 18.0 Å². The summed E-state index contributed by atoms with van der Waals surface area (Å²) in [6.45, 7) is 0.516. The molecule has 0 fully saturated rings. The van der Waals surface area contributed by atoms with Gasteiger partial charge in [-0.05, 0) is 36.4 Å². The molecule has 3 aromatic rings. The van der Waals surface area contributed by atoms with Crippen LogP contribution >= 0.6 is 0 Å². The summed E-state index contributed by atoms with van der Waals surface area (Å²) < 4.78 is 40.3. The first-order valence-electron chi connectivity index (χ1n) is 7.62. The van der Waals surface area contributed by atoms with Gasteiger partial charge in [0, 0.05) is 32.2 Å². The van der Waals surface area contributed by atoms with Crippen molar-refractivity contribution < 1.29 is 18.0 Å². The Labute approximate surface area is 148 Å². The summed E-state index contributed by atoms with van der Waals surface area (Å²) in [4.78, 5) is 10.0. The Morgan fingerprint density at radius 3 is 2.04 bits per heavy atom. The predicted octanol–water partition coefficient (Wildman–Crippen LogP) is 3.28. The van der Waals surface area contributed by atoms with Crippen LogP contribution in [0.25, 0.3) is 0 Å². The number of hydrogen-bond donors (Lipinski definition) is 1. The Kier molecular flexibility index (Phi) is 6.16. The van der Waals surface area contributed by atoms with Crippen molar-refractivity contribution in [2.45, 2.75) is 12.7 Å². The van der Waals surface area contributed by atoms with Crippen LogP contribution < -0.4 is 5.32 Å². The topological polar surface area (TPSA) is 64.7 Å². The molecule has 0 aliphatic carbocycles. The highest BCUT2D eigenvalue weighted by Crippen LogP contribution is 2.29. The fraction of sp³-hybridized carbons (Fsp3) is 0.235. The Morgan fingerprint density at radius 2 is 1.62 bits per heavy atom. The molecule has 0 radical (unpaired) electrons. The van der Waals surface area contributed by atoms with Gasteiger partial charge < -0.3 is 5.32 Å². The van der Waals surface area contributed by atoms with Gasteiger partial charge in [0.05, 0.1) is 17.8 Å². The van der Waals surface area contributed by atoms with E-state index in [1.165, 1.54) is 16.8 Å². The van der Waals surface area contributed by atoms with Gasteiger partial charge in [-0.25, -0.2) is 0 Å². The van der Waals surface area contributed by atoms with E-state index in [-0.39, 0.29) is 0 Å². The smallest absolute Gasteiger partial charge is 0.379 e. The number of hydrogen-bond acceptors (Lipinski definition) is 4. The van der Waals surface area contributed by atoms with E-state index in [1.807, 2.05) is 13.1 Å². The first-order chi connectivity index (χ1) is 12.3. The average molecular weight is 365 g/mol. The molecule has 3 rings (SSSR count). The molecule has 26 heavy (non-hydrogen) atoms. The zero-order valence-corrected chi connectivity index (χ0v) is 14.2. The summed E-state index contributed by atoms with van der Waals surface area (Å²) in [5.74, 6) is 0. The molecule has 0 aliphatic heterocycles. The molecule has 0 bridgehead atoms. The molecule has 1 N–H and O–H groups in total. The molecule has 6 nitrogen and oxygen atoms in total. The summed E-state index contributed by atoms with van der Waals surface area (Å²) in [6.07, 6.45) is -0.263. The zero-order valence-electron chi connectivity index (χ0n) is 14.2. The highest BCUT2D eigenvalue weighted by atomic mass is 19.4. The van der Waals surface area contributed by atoms with E-state index in [4.69, 9.17) is 0 Å². The Morgan fingerprint density at radius 1 is 1.00 bits per heavy atom. The molecule has 1 aromatic carbocycles. The van der Waals surface area contributed by atoms with Crippen molar-refractivity contribution in [1.82, 2.24) is 19.6 Å². The molecule has 0 spiro atoms. The lowest BCUT2D eigenvalue weighted by atomic mass is 10.2. The fourth-order valence-corrected chi connectivity index (χ4v) is 2.04. The lowest BCUT2D eigenvalue weighted by molar-refractivity contribution is -0.137. The van der Waals surface area contributed by atoms with Gasteiger partial charge in [0.15, 0.2) is 6.29 Å². The maximum Gasteiger partial charge on any atom is 0.416 e. The molecule has 0 unspecified atom stereocenters. The van der Waals surface area contributed by atoms with E-state index in [2.05, 4.69) is 15.5 Å². The summed E-state index contributed by atoms with van der Waals surface area (Å²) >= 11 is 0. The van der Waals surface area contributed by atoms with E-state index in [0.29, 0.717) is 17.9 Å². The average Bonchev–Trinajstić information content (AvgIpc) is 3.21. The number of aromatic nitrogens is 4. The lowest BCUT2D eigenvalue weighted by Gasteiger charge is -2.09. The van der Waals surface area contributed by atoms with E-state index in [1.54, 1.807) is 30.2 Å². The van der Waals surface area contributed by atoms with Crippen LogP contribution in [0.5, 0.6) is 0 Å². The summed E-state index contributed by atoms with van der Waals surface area (Å²) in [7, 11) is 3.54. The fourth-order valence-electron chi connectivity index (χ4n) is 2.04. The molecular formula is C17H18F3N5O. The van der Waals surface area contributed by atoms with Crippen molar-refractivity contribution in [1.29, 1.82) is 0 Å². The second-order valence-corrected chi connectivity index (χ2v) is 5.37. The normalized spacial score (nSPS) is 10.8. The number of rotatable bonds is 4. The Bertz CT molecular complexity index is 837. The number of benzene rings is 1. The number of aryl methyl sites for hydroxylation is 2. The largest absolute Gasteiger partial charge is 0.416 e. The Hall–Kier alpha value is -3.10. The first-order valence-corrected chi connectivity index (χ1v) is 7.62. The van der Waals surface area contributed by atoms with Gasteiger partial charge in [-0.2, -0.15) is 23.4 Å². The minimum Gasteiger partial charge on any atom is -0.379 e. The number of carbonyl (C=O) groups is 1. The van der Waals surface area contributed by atoms with Crippen LogP contribution in [0.15, 0.2) is 48.8 Å². The van der Waals surface area contributed by atoms with Gasteiger partial charge in [-0.15, -0.1) is 0 Å². The van der Waals surface area contributed by atoms with Gasteiger partial charge >= 0.3 is 6.18 Å². The zero-order chi connectivity index (χ0) is 19.2. The summed E-state index contributed by atoms with van der Waals surface area (Å²) in [5, 5.41) is 10.8. The highest BCUT2D eigenvalue weighted by molar-refractivity contribution is 5.71. The first kappa shape index (κ1) is 19.2. The quantitative estimate of drug-likeness (QED) is 0.721. The van der Waals surface area contributed by atoms with Crippen LogP contribution in [0.2, 0.25) is 0 Å². The molecular weight excluding hydrogens is 347 g/mol. The van der Waals surface area contributed by atoms with Crippen molar-refractivity contribution in [2.75, 3.05) is 5.32 Å². The molecule has 0 amide bonds. The lowest BCUT2D eigenvalue weighted by Crippen LogP contribution is -2.07. The maximum absolute atomic E-state index is 12.3. The number of halogens is 3. The highest BCUT2D eigenvalue weighted by Gasteiger charge is 2.29. The molecule has 2 heterocycles. The van der Waals surface area contributed by atoms with Crippen molar-refractivity contribution in [3.63, 3.8) is 0 Å². The summed E-state index contributed by atoms with van der Waals surface area (Å²) in [6, 6.07) is 8.46. The van der Waals surface area contributed by atoms with Crippen LogP contribution in [-0.4, -0.2) is 25.8 Å². The Balaban J connectivity index is 0.000000254. The monoisotopic (exact) mass is 365 g/mol. The van der Waals surface area contributed by atoms with Crippen molar-refractivity contribution in [2.24, 2.45) is 14.1 Å². The van der Waals surface area contributed by atoms with Crippen LogP contribution in [-0.2, 0) is 26.8 Å². The molecule has 138 valence electrons. The van der Waals surface area contributed by atoms with Crippen molar-refractivity contribution >= 4 is 12.0 Å². The number of aldehydes is 1. The predicted molar refractivity (Wildman–Crippen MR) is 90.6 cm³/mol. The van der Waals surface area contributed by atoms with Crippen molar-refractivity contribution in [3.8, 4) is 0 Å². The molecule has 0 saturated carbocycles. The van der Waals surface area contributed by atoms with Crippen LogP contribution in [0.1, 0.15) is 21.7 Å². The third kappa shape index (κ3) is 5.20. The van der Waals surface area contributed by atoms with E-state index >= 15 is 0 Å². The molecule has 2 aromatic heterocycles. The number of alkyl halides is 3. The third-order valence-electron chi connectivity index (χ3n) is 3.59. The molecule has 0 saturated heterocycles. The van der Waals surface area contributed by atoms with Gasteiger partial charge in [0.1, 0.15) is 5.69 Å². The van der Waals surface area contributed by atoms with Crippen molar-refractivity contribution in [3.05, 3.63) is 65.7 Å². The standard InChI is InChI=1S/C12H12F3N3.C5H6N2O/c1-18-11(6-7-17-18)8-16-10-4-2-9(3-5-10)12(13,14)15;1-7-5(4-8)2-3-6-7/h2-7,16H,8H2,1H3;2-4H,1H3. The molecule has 0 atom stereocenters. The number of nitrogens with zero attached hydrogens (tertiary/aromatic N) is 4. The van der Waals surface area contributed by atoms with Crippen LogP contribution in [0, 0.1) is 0 Å². The van der Waals surface area contributed by atoms with Gasteiger partial charge in [0.2, 0.25) is 0 Å². The minimum atomic E-state index is -4.29. The van der Waals surface area contributed by atoms with Gasteiger partial charge in [-0.3, -0.25) is 14.2 Å². The second-order valence-electron chi connectivity index (χ2n) is 5.37. The third-order valence-corrected chi connectivity index (χ3v) is 3.59. The molecule has 0 aliphatic rings. The van der Waals surface area contributed by atoms with E-state index in [0.717, 1.165) is 24.1 Å². The molecule has 9 heteroatoms. The second kappa shape index (κ2) is 8.32. The number of nitrogens with one attached hydrogen (secondary N) is 1. The number of carbonyl (C=O) groups excluding carboxylic acids is 1. The maximum atomic E-state index is 12.3. The van der Waals surface area contributed by atoms with Gasteiger partial charge in [-0.1, -0.05) is 0 Å². The minimum absolute atomic E-state index is 0.516. The SMILES string of the molecule is Cn1nccc1C=O.Cn1nccc1CNc1ccc(C(F)(F)F)cc1. The van der Waals surface area contributed by atoms with Crippen LogP contribution in [0.3, 0.4) is 0 Å². The van der Waals surface area contributed by atoms with Gasteiger partial charge in [0.25, 0.3) is 0 Å². The summed E-state index contributed by atoms with van der Waals surface area (Å²) in [5.41, 5.74) is 1.55. The van der Waals surface area contributed by atoms with E-state index < -0.39 is 11.7 Å².